The molecule has 1 nitrogen and oxygen atoms in total. The number of unbranched alkanes of at least 4 members (excludes halogenated alkanes) is 2. The summed E-state index contributed by atoms with van der Waals surface area (Å²) in [6, 6.07) is 14.1. The summed E-state index contributed by atoms with van der Waals surface area (Å²) in [5, 5.41) is 0. The molecule has 2 aromatic carbocycles. The third kappa shape index (κ3) is 7.59. The molecule has 2 heteroatoms. The summed E-state index contributed by atoms with van der Waals surface area (Å²) >= 11 is 0. The van der Waals surface area contributed by atoms with Gasteiger partial charge >= 0.3 is 0 Å². The minimum Gasteiger partial charge on any atom is -0.487 e. The molecule has 2 atom stereocenters. The lowest BCUT2D eigenvalue weighted by molar-refractivity contribution is 0.0430. The normalized spacial score (nSPS) is 16.5. The fourth-order valence-electron chi connectivity index (χ4n) is 5.62. The molecule has 0 amide bonds. The number of benzene rings is 2. The summed E-state index contributed by atoms with van der Waals surface area (Å²) in [6.45, 7) is 6.72. The minimum atomic E-state index is -0.227. The van der Waals surface area contributed by atoms with E-state index in [-0.39, 0.29) is 11.9 Å². The molecular weight excluding hydrogens is 407 g/mol. The van der Waals surface area contributed by atoms with E-state index in [9.17, 15) is 0 Å². The van der Waals surface area contributed by atoms with Crippen molar-refractivity contribution in [3.8, 4) is 16.9 Å². The van der Waals surface area contributed by atoms with Crippen LogP contribution in [0.2, 0.25) is 0 Å². The van der Waals surface area contributed by atoms with Crippen LogP contribution in [-0.4, -0.2) is 6.10 Å². The average Bonchev–Trinajstić information content (AvgIpc) is 2.84. The summed E-state index contributed by atoms with van der Waals surface area (Å²) in [7, 11) is 0. The van der Waals surface area contributed by atoms with Gasteiger partial charge in [-0.05, 0) is 72.8 Å². The van der Waals surface area contributed by atoms with Gasteiger partial charge in [0.2, 0.25) is 0 Å². The molecule has 0 heterocycles. The van der Waals surface area contributed by atoms with E-state index in [0.717, 1.165) is 24.0 Å². The van der Waals surface area contributed by atoms with Crippen molar-refractivity contribution in [2.24, 2.45) is 11.8 Å². The van der Waals surface area contributed by atoms with E-state index >= 15 is 4.39 Å². The molecule has 1 fully saturated rings. The first-order valence-electron chi connectivity index (χ1n) is 13.7. The van der Waals surface area contributed by atoms with Crippen molar-refractivity contribution in [2.75, 3.05) is 0 Å². The first-order valence-corrected chi connectivity index (χ1v) is 13.7. The standard InChI is InChI=1S/C31H45FO/c1-4-7-9-14-26(13-6-3)31(27-15-10-8-11-16-27)33-30-22-21-28(23-29(30)32)25-19-17-24(12-5-2)18-20-25/h17-23,26-27,31H,4-16H2,1-3H3. The van der Waals surface area contributed by atoms with Crippen molar-refractivity contribution in [3.05, 3.63) is 53.8 Å². The lowest BCUT2D eigenvalue weighted by Crippen LogP contribution is -2.36. The van der Waals surface area contributed by atoms with Crippen molar-refractivity contribution in [1.29, 1.82) is 0 Å². The van der Waals surface area contributed by atoms with Gasteiger partial charge in [0.05, 0.1) is 0 Å². The quantitative estimate of drug-likeness (QED) is 0.275. The van der Waals surface area contributed by atoms with Crippen molar-refractivity contribution in [3.63, 3.8) is 0 Å². The highest BCUT2D eigenvalue weighted by atomic mass is 19.1. The maximum atomic E-state index is 15.3. The monoisotopic (exact) mass is 452 g/mol. The van der Waals surface area contributed by atoms with Crippen LogP contribution in [0.3, 0.4) is 0 Å². The van der Waals surface area contributed by atoms with Crippen molar-refractivity contribution in [1.82, 2.24) is 0 Å². The molecule has 2 aromatic rings. The van der Waals surface area contributed by atoms with Crippen LogP contribution in [0.25, 0.3) is 11.1 Å². The fourth-order valence-corrected chi connectivity index (χ4v) is 5.62. The van der Waals surface area contributed by atoms with Gasteiger partial charge in [0, 0.05) is 0 Å². The maximum Gasteiger partial charge on any atom is 0.165 e. The molecule has 1 aliphatic rings. The highest BCUT2D eigenvalue weighted by molar-refractivity contribution is 5.64. The van der Waals surface area contributed by atoms with Gasteiger partial charge in [-0.2, -0.15) is 0 Å². The topological polar surface area (TPSA) is 9.23 Å². The van der Waals surface area contributed by atoms with Gasteiger partial charge in [-0.1, -0.05) is 102 Å². The molecule has 1 aliphatic carbocycles. The number of hydrogen-bond acceptors (Lipinski definition) is 1. The van der Waals surface area contributed by atoms with Gasteiger partial charge in [-0.25, -0.2) is 4.39 Å². The Morgan fingerprint density at radius 1 is 0.818 bits per heavy atom. The van der Waals surface area contributed by atoms with Gasteiger partial charge in [-0.15, -0.1) is 0 Å². The van der Waals surface area contributed by atoms with Crippen LogP contribution in [0.5, 0.6) is 5.75 Å². The van der Waals surface area contributed by atoms with Gasteiger partial charge in [-0.3, -0.25) is 0 Å². The molecule has 0 saturated heterocycles. The predicted octanol–water partition coefficient (Wildman–Crippen LogP) is 9.77. The Morgan fingerprint density at radius 2 is 1.55 bits per heavy atom. The highest BCUT2D eigenvalue weighted by Crippen LogP contribution is 2.37. The van der Waals surface area contributed by atoms with Gasteiger partial charge in [0.25, 0.3) is 0 Å². The second-order valence-electron chi connectivity index (χ2n) is 10.1. The van der Waals surface area contributed by atoms with Crippen LogP contribution in [0, 0.1) is 17.7 Å². The summed E-state index contributed by atoms with van der Waals surface area (Å²) in [4.78, 5) is 0. The molecule has 1 saturated carbocycles. The number of hydrogen-bond donors (Lipinski definition) is 0. The largest absolute Gasteiger partial charge is 0.487 e. The molecule has 3 rings (SSSR count). The Morgan fingerprint density at radius 3 is 2.18 bits per heavy atom. The molecule has 33 heavy (non-hydrogen) atoms. The van der Waals surface area contributed by atoms with E-state index in [0.29, 0.717) is 17.6 Å². The maximum absolute atomic E-state index is 15.3. The Hall–Kier alpha value is -1.83. The predicted molar refractivity (Wildman–Crippen MR) is 139 cm³/mol. The average molecular weight is 453 g/mol. The summed E-state index contributed by atoms with van der Waals surface area (Å²) in [5.74, 6) is 1.29. The summed E-state index contributed by atoms with van der Waals surface area (Å²) < 4.78 is 21.9. The Kier molecular flexibility index (Phi) is 10.8. The summed E-state index contributed by atoms with van der Waals surface area (Å²) in [5.41, 5.74) is 3.32. The molecule has 0 bridgehead atoms. The van der Waals surface area contributed by atoms with Crippen LogP contribution in [0.15, 0.2) is 42.5 Å². The number of halogens is 1. The lowest BCUT2D eigenvalue weighted by atomic mass is 9.77. The molecule has 2 unspecified atom stereocenters. The SMILES string of the molecule is CCCCCC(CCC)C(Oc1ccc(-c2ccc(CCC)cc2)cc1F)C1CCCCC1. The van der Waals surface area contributed by atoms with Crippen molar-refractivity contribution >= 4 is 0 Å². The third-order valence-corrected chi connectivity index (χ3v) is 7.44. The zero-order chi connectivity index (χ0) is 23.5. The van der Waals surface area contributed by atoms with Crippen LogP contribution < -0.4 is 4.74 Å². The zero-order valence-electron chi connectivity index (χ0n) is 21.3. The smallest absolute Gasteiger partial charge is 0.165 e. The van der Waals surface area contributed by atoms with E-state index in [2.05, 4.69) is 45.0 Å². The first-order chi connectivity index (χ1) is 16.2. The first kappa shape index (κ1) is 25.8. The van der Waals surface area contributed by atoms with E-state index < -0.39 is 0 Å². The Bertz CT molecular complexity index is 806. The van der Waals surface area contributed by atoms with Gasteiger partial charge in [0.1, 0.15) is 6.10 Å². The fraction of sp³-hybridized carbons (Fsp3) is 0.613. The zero-order valence-corrected chi connectivity index (χ0v) is 21.3. The molecule has 0 N–H and O–H groups in total. The van der Waals surface area contributed by atoms with E-state index in [1.165, 1.54) is 76.2 Å². The Labute approximate surface area is 202 Å². The second kappa shape index (κ2) is 13.8. The van der Waals surface area contributed by atoms with Crippen molar-refractivity contribution in [2.45, 2.75) is 110 Å². The van der Waals surface area contributed by atoms with E-state index in [1.54, 1.807) is 6.07 Å². The second-order valence-corrected chi connectivity index (χ2v) is 10.1. The van der Waals surface area contributed by atoms with Crippen LogP contribution >= 0.6 is 0 Å². The third-order valence-electron chi connectivity index (χ3n) is 7.44. The molecule has 0 aliphatic heterocycles. The van der Waals surface area contributed by atoms with Crippen LogP contribution in [0.1, 0.15) is 103 Å². The minimum absolute atomic E-state index is 0.135. The van der Waals surface area contributed by atoms with Crippen molar-refractivity contribution < 1.29 is 9.13 Å². The molecule has 182 valence electrons. The van der Waals surface area contributed by atoms with E-state index in [4.69, 9.17) is 4.74 Å². The number of rotatable bonds is 13. The molecule has 0 radical (unpaired) electrons. The van der Waals surface area contributed by atoms with Gasteiger partial charge < -0.3 is 4.74 Å². The Balaban J connectivity index is 1.79. The van der Waals surface area contributed by atoms with E-state index in [1.807, 2.05) is 12.1 Å². The van der Waals surface area contributed by atoms with Crippen LogP contribution in [0.4, 0.5) is 4.39 Å². The number of aryl methyl sites for hydroxylation is 1. The summed E-state index contributed by atoms with van der Waals surface area (Å²) in [6.07, 6.45) is 16.0. The molecule has 0 spiro atoms. The molecule has 0 aromatic heterocycles. The highest BCUT2D eigenvalue weighted by Gasteiger charge is 2.32. The van der Waals surface area contributed by atoms with Gasteiger partial charge in [0.15, 0.2) is 11.6 Å². The number of ether oxygens (including phenoxy) is 1. The van der Waals surface area contributed by atoms with Crippen LogP contribution in [-0.2, 0) is 6.42 Å². The molecular formula is C31H45FO. The lowest BCUT2D eigenvalue weighted by Gasteiger charge is -2.36.